The lowest BCUT2D eigenvalue weighted by atomic mass is 9.78. The van der Waals surface area contributed by atoms with E-state index in [1.807, 2.05) is 6.92 Å². The van der Waals surface area contributed by atoms with Gasteiger partial charge in [0, 0.05) is 6.61 Å². The number of carbonyl (C=O) groups excluding carboxylic acids is 2. The van der Waals surface area contributed by atoms with Crippen molar-refractivity contribution in [1.29, 1.82) is 0 Å². The number of esters is 2. The largest absolute Gasteiger partial charge is 0.466 e. The maximum absolute atomic E-state index is 12.7. The Hall–Kier alpha value is -1.88. The van der Waals surface area contributed by atoms with Gasteiger partial charge in [0.05, 0.1) is 19.1 Å². The summed E-state index contributed by atoms with van der Waals surface area (Å²) in [6.45, 7) is 6.46. The summed E-state index contributed by atoms with van der Waals surface area (Å²) < 4.78 is 16.2. The van der Waals surface area contributed by atoms with Crippen LogP contribution in [0.2, 0.25) is 0 Å². The van der Waals surface area contributed by atoms with Crippen LogP contribution in [0, 0.1) is 11.8 Å². The second-order valence-electron chi connectivity index (χ2n) is 7.02. The molecule has 5 heteroatoms. The number of ether oxygens (including phenoxy) is 3. The molecule has 0 saturated carbocycles. The molecule has 0 radical (unpaired) electrons. The monoisotopic (exact) mass is 376 g/mol. The van der Waals surface area contributed by atoms with Gasteiger partial charge in [-0.25, -0.2) is 4.79 Å². The van der Waals surface area contributed by atoms with Crippen molar-refractivity contribution < 1.29 is 23.8 Å². The zero-order valence-corrected chi connectivity index (χ0v) is 16.7. The van der Waals surface area contributed by atoms with Gasteiger partial charge in [-0.3, -0.25) is 4.79 Å². The van der Waals surface area contributed by atoms with Crippen LogP contribution in [0.25, 0.3) is 0 Å². The molecule has 0 N–H and O–H groups in total. The molecule has 1 aromatic carbocycles. The van der Waals surface area contributed by atoms with Crippen molar-refractivity contribution in [3.05, 3.63) is 35.4 Å². The SMILES string of the molecule is CCCOC(C(=O)OCC)C(CC1CCc2ccccc2C1)C(=O)OCC. The third-order valence-corrected chi connectivity index (χ3v) is 5.01. The summed E-state index contributed by atoms with van der Waals surface area (Å²) in [7, 11) is 0. The van der Waals surface area contributed by atoms with E-state index in [1.54, 1.807) is 13.8 Å². The van der Waals surface area contributed by atoms with Gasteiger partial charge in [0.1, 0.15) is 0 Å². The minimum atomic E-state index is -0.902. The normalized spacial score (nSPS) is 18.3. The molecule has 150 valence electrons. The molecule has 0 aliphatic heterocycles. The van der Waals surface area contributed by atoms with E-state index in [1.165, 1.54) is 11.1 Å². The third-order valence-electron chi connectivity index (χ3n) is 5.01. The molecule has 0 bridgehead atoms. The van der Waals surface area contributed by atoms with Crippen molar-refractivity contribution in [3.8, 4) is 0 Å². The molecule has 0 amide bonds. The highest BCUT2D eigenvalue weighted by Crippen LogP contribution is 2.32. The Labute approximate surface area is 162 Å². The maximum atomic E-state index is 12.7. The van der Waals surface area contributed by atoms with Crippen molar-refractivity contribution in [3.63, 3.8) is 0 Å². The summed E-state index contributed by atoms with van der Waals surface area (Å²) in [6, 6.07) is 8.43. The molecule has 3 unspecified atom stereocenters. The molecule has 0 spiro atoms. The molecule has 27 heavy (non-hydrogen) atoms. The van der Waals surface area contributed by atoms with E-state index in [-0.39, 0.29) is 19.2 Å². The summed E-state index contributed by atoms with van der Waals surface area (Å²) >= 11 is 0. The van der Waals surface area contributed by atoms with Gasteiger partial charge in [-0.1, -0.05) is 31.2 Å². The van der Waals surface area contributed by atoms with Crippen molar-refractivity contribution in [2.45, 2.75) is 59.0 Å². The van der Waals surface area contributed by atoms with Crippen molar-refractivity contribution in [1.82, 2.24) is 0 Å². The average molecular weight is 376 g/mol. The Morgan fingerprint density at radius 2 is 1.70 bits per heavy atom. The Kier molecular flexibility index (Phi) is 8.79. The molecule has 1 aliphatic rings. The summed E-state index contributed by atoms with van der Waals surface area (Å²) in [5.74, 6) is -1.16. The average Bonchev–Trinajstić information content (AvgIpc) is 2.67. The van der Waals surface area contributed by atoms with Gasteiger partial charge < -0.3 is 14.2 Å². The van der Waals surface area contributed by atoms with Gasteiger partial charge in [0.15, 0.2) is 6.10 Å². The van der Waals surface area contributed by atoms with Gasteiger partial charge >= 0.3 is 11.9 Å². The van der Waals surface area contributed by atoms with Crippen LogP contribution in [0.5, 0.6) is 0 Å². The number of fused-ring (bicyclic) bond motifs is 1. The van der Waals surface area contributed by atoms with Gasteiger partial charge in [0.25, 0.3) is 0 Å². The van der Waals surface area contributed by atoms with Crippen LogP contribution in [0.4, 0.5) is 0 Å². The van der Waals surface area contributed by atoms with E-state index in [0.717, 1.165) is 25.7 Å². The summed E-state index contributed by atoms with van der Waals surface area (Å²) in [4.78, 5) is 25.2. The van der Waals surface area contributed by atoms with Crippen LogP contribution in [-0.4, -0.2) is 37.9 Å². The number of rotatable bonds is 10. The van der Waals surface area contributed by atoms with E-state index in [9.17, 15) is 9.59 Å². The van der Waals surface area contributed by atoms with E-state index in [4.69, 9.17) is 14.2 Å². The first kappa shape index (κ1) is 21.4. The molecular weight excluding hydrogens is 344 g/mol. The first-order chi connectivity index (χ1) is 13.1. The lowest BCUT2D eigenvalue weighted by Gasteiger charge is -2.30. The van der Waals surface area contributed by atoms with Crippen molar-refractivity contribution in [2.24, 2.45) is 11.8 Å². The summed E-state index contributed by atoms with van der Waals surface area (Å²) in [5.41, 5.74) is 2.71. The standard InChI is InChI=1S/C22H32O5/c1-4-13-27-20(22(24)26-6-3)19(21(23)25-5-2)15-16-11-12-17-9-7-8-10-18(17)14-16/h7-10,16,19-20H,4-6,11-15H2,1-3H3. The number of hydrogen-bond donors (Lipinski definition) is 0. The Morgan fingerprint density at radius 1 is 1.04 bits per heavy atom. The molecular formula is C22H32O5. The molecule has 0 saturated heterocycles. The Bertz CT molecular complexity index is 612. The topological polar surface area (TPSA) is 61.8 Å². The zero-order chi connectivity index (χ0) is 19.6. The zero-order valence-electron chi connectivity index (χ0n) is 16.7. The summed E-state index contributed by atoms with van der Waals surface area (Å²) in [6.07, 6.45) is 3.34. The number of aryl methyl sites for hydroxylation is 1. The van der Waals surface area contributed by atoms with Crippen LogP contribution in [0.3, 0.4) is 0 Å². The first-order valence-corrected chi connectivity index (χ1v) is 10.1. The predicted octanol–water partition coefficient (Wildman–Crippen LogP) is 3.72. The van der Waals surface area contributed by atoms with Gasteiger partial charge in [0.2, 0.25) is 0 Å². The van der Waals surface area contributed by atoms with Gasteiger partial charge in [-0.2, -0.15) is 0 Å². The van der Waals surface area contributed by atoms with Gasteiger partial charge in [-0.05, 0) is 63.0 Å². The van der Waals surface area contributed by atoms with Crippen LogP contribution in [-0.2, 0) is 36.6 Å². The minimum absolute atomic E-state index is 0.261. The molecule has 0 fully saturated rings. The fourth-order valence-electron chi connectivity index (χ4n) is 3.74. The molecule has 0 heterocycles. The fraction of sp³-hybridized carbons (Fsp3) is 0.636. The highest BCUT2D eigenvalue weighted by molar-refractivity contribution is 5.84. The van der Waals surface area contributed by atoms with Crippen molar-refractivity contribution in [2.75, 3.05) is 19.8 Å². The second kappa shape index (κ2) is 11.1. The van der Waals surface area contributed by atoms with E-state index >= 15 is 0 Å². The summed E-state index contributed by atoms with van der Waals surface area (Å²) in [5, 5.41) is 0. The molecule has 3 atom stereocenters. The predicted molar refractivity (Wildman–Crippen MR) is 103 cm³/mol. The Balaban J connectivity index is 2.16. The number of carbonyl (C=O) groups is 2. The van der Waals surface area contributed by atoms with Crippen molar-refractivity contribution >= 4 is 11.9 Å². The van der Waals surface area contributed by atoms with Crippen LogP contribution < -0.4 is 0 Å². The minimum Gasteiger partial charge on any atom is -0.466 e. The fourth-order valence-corrected chi connectivity index (χ4v) is 3.74. The van der Waals surface area contributed by atoms with E-state index in [2.05, 4.69) is 24.3 Å². The molecule has 1 aliphatic carbocycles. The molecule has 1 aromatic rings. The van der Waals surface area contributed by atoms with Gasteiger partial charge in [-0.15, -0.1) is 0 Å². The highest BCUT2D eigenvalue weighted by atomic mass is 16.6. The van der Waals surface area contributed by atoms with Crippen LogP contribution >= 0.6 is 0 Å². The van der Waals surface area contributed by atoms with E-state index < -0.39 is 18.0 Å². The van der Waals surface area contributed by atoms with Crippen LogP contribution in [0.1, 0.15) is 51.2 Å². The first-order valence-electron chi connectivity index (χ1n) is 10.1. The van der Waals surface area contributed by atoms with Crippen LogP contribution in [0.15, 0.2) is 24.3 Å². The number of benzene rings is 1. The maximum Gasteiger partial charge on any atom is 0.336 e. The van der Waals surface area contributed by atoms with E-state index in [0.29, 0.717) is 18.9 Å². The number of hydrogen-bond acceptors (Lipinski definition) is 5. The molecule has 5 nitrogen and oxygen atoms in total. The lowest BCUT2D eigenvalue weighted by molar-refractivity contribution is -0.171. The Morgan fingerprint density at radius 3 is 2.37 bits per heavy atom. The molecule has 0 aromatic heterocycles. The highest BCUT2D eigenvalue weighted by Gasteiger charge is 2.39. The smallest absolute Gasteiger partial charge is 0.336 e. The molecule has 2 rings (SSSR count). The lowest BCUT2D eigenvalue weighted by Crippen LogP contribution is -2.41. The second-order valence-corrected chi connectivity index (χ2v) is 7.02. The quantitative estimate of drug-likeness (QED) is 0.583. The third kappa shape index (κ3) is 6.06.